The van der Waals surface area contributed by atoms with E-state index in [-0.39, 0.29) is 5.91 Å². The molecule has 6 nitrogen and oxygen atoms in total. The van der Waals surface area contributed by atoms with E-state index in [1.54, 1.807) is 10.9 Å². The van der Waals surface area contributed by atoms with E-state index in [1.807, 2.05) is 0 Å². The number of nitrogen functional groups attached to an aromatic ring is 1. The van der Waals surface area contributed by atoms with E-state index in [0.29, 0.717) is 17.2 Å². The minimum atomic E-state index is -0.304. The van der Waals surface area contributed by atoms with Gasteiger partial charge in [-0.05, 0) is 0 Å². The predicted molar refractivity (Wildman–Crippen MR) is 53.1 cm³/mol. The van der Waals surface area contributed by atoms with Crippen molar-refractivity contribution in [2.75, 3.05) is 11.1 Å². The van der Waals surface area contributed by atoms with Gasteiger partial charge in [0.05, 0.1) is 17.4 Å². The summed E-state index contributed by atoms with van der Waals surface area (Å²) >= 11 is 1.36. The third-order valence-corrected chi connectivity index (χ3v) is 2.16. The van der Waals surface area contributed by atoms with Crippen molar-refractivity contribution in [3.05, 3.63) is 22.8 Å². The van der Waals surface area contributed by atoms with Crippen molar-refractivity contribution in [1.29, 1.82) is 0 Å². The van der Waals surface area contributed by atoms with Crippen LogP contribution in [0.4, 0.5) is 11.5 Å². The number of thiazole rings is 1. The van der Waals surface area contributed by atoms with E-state index in [0.717, 1.165) is 0 Å². The maximum atomic E-state index is 11.5. The van der Waals surface area contributed by atoms with E-state index >= 15 is 0 Å². The highest BCUT2D eigenvalue weighted by molar-refractivity contribution is 7.07. The molecular formula is C7H7N5OS. The van der Waals surface area contributed by atoms with Crippen molar-refractivity contribution >= 4 is 28.7 Å². The van der Waals surface area contributed by atoms with Gasteiger partial charge in [-0.2, -0.15) is 5.10 Å². The van der Waals surface area contributed by atoms with Gasteiger partial charge < -0.3 is 11.1 Å². The molecule has 2 aromatic rings. The molecule has 0 atom stereocenters. The molecule has 0 saturated heterocycles. The quantitative estimate of drug-likeness (QED) is 0.678. The van der Waals surface area contributed by atoms with Crippen molar-refractivity contribution in [1.82, 2.24) is 15.2 Å². The third-order valence-electron chi connectivity index (χ3n) is 1.57. The zero-order chi connectivity index (χ0) is 9.97. The Balaban J connectivity index is 2.13. The molecule has 0 spiro atoms. The summed E-state index contributed by atoms with van der Waals surface area (Å²) in [4.78, 5) is 15.3. The normalized spacial score (nSPS) is 10.0. The summed E-state index contributed by atoms with van der Waals surface area (Å²) in [6.07, 6.45) is 1.43. The van der Waals surface area contributed by atoms with Crippen molar-refractivity contribution in [2.45, 2.75) is 0 Å². The molecule has 0 aliphatic heterocycles. The summed E-state index contributed by atoms with van der Waals surface area (Å²) in [5, 5.41) is 10.4. The number of rotatable bonds is 2. The van der Waals surface area contributed by atoms with Crippen molar-refractivity contribution in [2.24, 2.45) is 0 Å². The highest BCUT2D eigenvalue weighted by atomic mass is 32.1. The number of amides is 1. The lowest BCUT2D eigenvalue weighted by molar-refractivity contribution is 0.102. The Kier molecular flexibility index (Phi) is 2.15. The number of hydrogen-bond acceptors (Lipinski definition) is 5. The smallest absolute Gasteiger partial charge is 0.276 e. The zero-order valence-electron chi connectivity index (χ0n) is 7.02. The van der Waals surface area contributed by atoms with Crippen molar-refractivity contribution in [3.8, 4) is 0 Å². The first-order chi connectivity index (χ1) is 6.77. The number of hydrogen-bond donors (Lipinski definition) is 3. The molecule has 72 valence electrons. The number of H-pyrrole nitrogens is 1. The number of aromatic amines is 1. The van der Waals surface area contributed by atoms with E-state index in [9.17, 15) is 4.79 Å². The summed E-state index contributed by atoms with van der Waals surface area (Å²) in [5.74, 6) is 0.0881. The Morgan fingerprint density at radius 2 is 2.50 bits per heavy atom. The van der Waals surface area contributed by atoms with Crippen LogP contribution in [-0.4, -0.2) is 21.1 Å². The molecule has 14 heavy (non-hydrogen) atoms. The molecule has 7 heteroatoms. The van der Waals surface area contributed by atoms with Gasteiger partial charge in [-0.3, -0.25) is 9.89 Å². The highest BCUT2D eigenvalue weighted by Crippen LogP contribution is 2.13. The topological polar surface area (TPSA) is 96.7 Å². The summed E-state index contributed by atoms with van der Waals surface area (Å²) in [6.45, 7) is 0. The van der Waals surface area contributed by atoms with Gasteiger partial charge >= 0.3 is 0 Å². The highest BCUT2D eigenvalue weighted by Gasteiger charge is 2.10. The molecule has 0 fully saturated rings. The lowest BCUT2D eigenvalue weighted by atomic mass is 10.4. The fraction of sp³-hybridized carbons (Fsp3) is 0. The van der Waals surface area contributed by atoms with Crippen LogP contribution in [0, 0.1) is 0 Å². The van der Waals surface area contributed by atoms with Crippen LogP contribution in [0.3, 0.4) is 0 Å². The molecule has 4 N–H and O–H groups in total. The largest absolute Gasteiger partial charge is 0.394 e. The first-order valence-electron chi connectivity index (χ1n) is 3.76. The standard InChI is InChI=1S/C7H7N5OS/c8-4-1-10-12-6(4)11-7(13)5-2-14-3-9-5/h1-3H,8H2,(H2,10,11,12,13). The average molecular weight is 209 g/mol. The van der Waals surface area contributed by atoms with E-state index in [4.69, 9.17) is 5.73 Å². The van der Waals surface area contributed by atoms with Gasteiger partial charge in [-0.15, -0.1) is 11.3 Å². The third kappa shape index (κ3) is 1.57. The van der Waals surface area contributed by atoms with Crippen LogP contribution < -0.4 is 11.1 Å². The fourth-order valence-corrected chi connectivity index (χ4v) is 1.43. The van der Waals surface area contributed by atoms with Crippen LogP contribution in [0.15, 0.2) is 17.1 Å². The number of nitrogens with one attached hydrogen (secondary N) is 2. The Morgan fingerprint density at radius 3 is 3.07 bits per heavy atom. The summed E-state index contributed by atoms with van der Waals surface area (Å²) in [7, 11) is 0. The van der Waals surface area contributed by atoms with Gasteiger partial charge in [-0.25, -0.2) is 4.98 Å². The zero-order valence-corrected chi connectivity index (χ0v) is 7.84. The van der Waals surface area contributed by atoms with Crippen LogP contribution in [0.2, 0.25) is 0 Å². The first kappa shape index (κ1) is 8.70. The maximum absolute atomic E-state index is 11.5. The molecule has 0 aliphatic rings. The van der Waals surface area contributed by atoms with E-state index < -0.39 is 0 Å². The lowest BCUT2D eigenvalue weighted by Crippen LogP contribution is -2.13. The first-order valence-corrected chi connectivity index (χ1v) is 4.70. The van der Waals surface area contributed by atoms with Crippen molar-refractivity contribution in [3.63, 3.8) is 0 Å². The van der Waals surface area contributed by atoms with Gasteiger partial charge in [0.15, 0.2) is 5.82 Å². The number of anilines is 2. The fourth-order valence-electron chi connectivity index (χ4n) is 0.898. The number of nitrogens with zero attached hydrogens (tertiary/aromatic N) is 2. The van der Waals surface area contributed by atoms with Crippen LogP contribution in [0.1, 0.15) is 10.5 Å². The number of carbonyl (C=O) groups excluding carboxylic acids is 1. The number of carbonyl (C=O) groups is 1. The molecule has 0 radical (unpaired) electrons. The van der Waals surface area contributed by atoms with Gasteiger partial charge in [0.1, 0.15) is 5.69 Å². The second-order valence-corrected chi connectivity index (χ2v) is 3.25. The second-order valence-electron chi connectivity index (χ2n) is 2.53. The van der Waals surface area contributed by atoms with Gasteiger partial charge in [-0.1, -0.05) is 0 Å². The molecule has 0 aliphatic carbocycles. The SMILES string of the molecule is Nc1cn[nH]c1NC(=O)c1cscn1. The Labute approximate surface area is 83.2 Å². The van der Waals surface area contributed by atoms with Crippen LogP contribution in [-0.2, 0) is 0 Å². The monoisotopic (exact) mass is 209 g/mol. The van der Waals surface area contributed by atoms with Crippen molar-refractivity contribution < 1.29 is 4.79 Å². The lowest BCUT2D eigenvalue weighted by Gasteiger charge is -1.99. The molecule has 0 saturated carbocycles. The molecule has 2 aromatic heterocycles. The maximum Gasteiger partial charge on any atom is 0.276 e. The van der Waals surface area contributed by atoms with Gasteiger partial charge in [0, 0.05) is 5.38 Å². The Bertz CT molecular complexity index is 435. The number of aromatic nitrogens is 3. The van der Waals surface area contributed by atoms with Gasteiger partial charge in [0.2, 0.25) is 0 Å². The second kappa shape index (κ2) is 3.46. The van der Waals surface area contributed by atoms with E-state index in [2.05, 4.69) is 20.5 Å². The minimum Gasteiger partial charge on any atom is -0.394 e. The molecule has 2 heterocycles. The molecule has 0 aromatic carbocycles. The molecule has 0 bridgehead atoms. The average Bonchev–Trinajstić information content (AvgIpc) is 2.77. The summed E-state index contributed by atoms with van der Waals surface area (Å²) in [5.41, 5.74) is 7.87. The summed E-state index contributed by atoms with van der Waals surface area (Å²) < 4.78 is 0. The van der Waals surface area contributed by atoms with E-state index in [1.165, 1.54) is 17.5 Å². The molecular weight excluding hydrogens is 202 g/mol. The Morgan fingerprint density at radius 1 is 1.64 bits per heavy atom. The van der Waals surface area contributed by atoms with Gasteiger partial charge in [0.25, 0.3) is 5.91 Å². The molecule has 0 unspecified atom stereocenters. The number of nitrogens with two attached hydrogens (primary N) is 1. The Hall–Kier alpha value is -1.89. The van der Waals surface area contributed by atoms with Crippen LogP contribution in [0.25, 0.3) is 0 Å². The molecule has 1 amide bonds. The van der Waals surface area contributed by atoms with Crippen LogP contribution in [0.5, 0.6) is 0 Å². The predicted octanol–water partition coefficient (Wildman–Crippen LogP) is 0.701. The molecule has 2 rings (SSSR count). The summed E-state index contributed by atoms with van der Waals surface area (Å²) in [6, 6.07) is 0. The minimum absolute atomic E-state index is 0.304. The van der Waals surface area contributed by atoms with Crippen LogP contribution >= 0.6 is 11.3 Å².